The maximum absolute atomic E-state index is 12.7. The molecule has 0 aromatic heterocycles. The number of urea groups is 1. The van der Waals surface area contributed by atoms with Gasteiger partial charge in [0, 0.05) is 32.1 Å². The molecule has 1 heterocycles. The van der Waals surface area contributed by atoms with Crippen LogP contribution in [-0.4, -0.2) is 47.9 Å². The number of hydrogen-bond donors (Lipinski definition) is 1. The second kappa shape index (κ2) is 7.46. The van der Waals surface area contributed by atoms with E-state index >= 15 is 0 Å². The number of nitrogens with zero attached hydrogens (tertiary/aromatic N) is 2. The highest BCUT2D eigenvalue weighted by Crippen LogP contribution is 2.31. The Labute approximate surface area is 150 Å². The quantitative estimate of drug-likeness (QED) is 0.917. The molecule has 0 radical (unpaired) electrons. The van der Waals surface area contributed by atoms with Crippen molar-refractivity contribution in [2.45, 2.75) is 46.1 Å². The molecule has 2 aliphatic rings. The van der Waals surface area contributed by atoms with E-state index in [9.17, 15) is 9.59 Å². The molecule has 0 spiro atoms. The molecule has 5 nitrogen and oxygen atoms in total. The third-order valence-corrected chi connectivity index (χ3v) is 5.47. The number of hydrogen-bond acceptors (Lipinski definition) is 2. The van der Waals surface area contributed by atoms with E-state index < -0.39 is 0 Å². The van der Waals surface area contributed by atoms with Crippen LogP contribution in [0.5, 0.6) is 0 Å². The molecule has 1 saturated heterocycles. The van der Waals surface area contributed by atoms with E-state index in [1.807, 2.05) is 22.8 Å². The molecule has 136 valence electrons. The van der Waals surface area contributed by atoms with Gasteiger partial charge in [0.1, 0.15) is 0 Å². The van der Waals surface area contributed by atoms with Crippen LogP contribution in [0, 0.1) is 19.8 Å². The van der Waals surface area contributed by atoms with Crippen LogP contribution in [0.1, 0.15) is 48.9 Å². The number of aryl methyl sites for hydroxylation is 1. The molecule has 1 atom stereocenters. The zero-order valence-corrected chi connectivity index (χ0v) is 15.5. The van der Waals surface area contributed by atoms with Crippen molar-refractivity contribution in [3.8, 4) is 0 Å². The number of amides is 3. The summed E-state index contributed by atoms with van der Waals surface area (Å²) in [6.45, 7) is 8.96. The SMILES string of the molecule is Cc1cccc([C@H](C)NC(=O)N2CCCN(C(=O)C3CC3)CC2)c1C. The molecule has 1 aromatic rings. The third kappa shape index (κ3) is 4.14. The van der Waals surface area contributed by atoms with Crippen LogP contribution in [0.3, 0.4) is 0 Å². The van der Waals surface area contributed by atoms with Crippen molar-refractivity contribution in [2.24, 2.45) is 5.92 Å². The van der Waals surface area contributed by atoms with Gasteiger partial charge in [0.05, 0.1) is 6.04 Å². The van der Waals surface area contributed by atoms with Crippen LogP contribution in [-0.2, 0) is 4.79 Å². The summed E-state index contributed by atoms with van der Waals surface area (Å²) in [7, 11) is 0. The summed E-state index contributed by atoms with van der Waals surface area (Å²) in [5.41, 5.74) is 3.63. The van der Waals surface area contributed by atoms with Crippen molar-refractivity contribution in [3.05, 3.63) is 34.9 Å². The predicted octanol–water partition coefficient (Wildman–Crippen LogP) is 3.02. The number of carbonyl (C=O) groups excluding carboxylic acids is 2. The van der Waals surface area contributed by atoms with Crippen LogP contribution in [0.25, 0.3) is 0 Å². The lowest BCUT2D eigenvalue weighted by Crippen LogP contribution is -2.43. The molecule has 1 saturated carbocycles. The topological polar surface area (TPSA) is 52.7 Å². The molecule has 3 rings (SSSR count). The monoisotopic (exact) mass is 343 g/mol. The zero-order chi connectivity index (χ0) is 18.0. The highest BCUT2D eigenvalue weighted by Gasteiger charge is 2.34. The minimum absolute atomic E-state index is 0.0279. The maximum Gasteiger partial charge on any atom is 0.317 e. The Bertz CT molecular complexity index is 654. The van der Waals surface area contributed by atoms with Crippen LogP contribution in [0.2, 0.25) is 0 Å². The van der Waals surface area contributed by atoms with Gasteiger partial charge in [-0.15, -0.1) is 0 Å². The van der Waals surface area contributed by atoms with E-state index in [-0.39, 0.29) is 23.9 Å². The lowest BCUT2D eigenvalue weighted by atomic mass is 9.98. The van der Waals surface area contributed by atoms with Crippen molar-refractivity contribution in [1.82, 2.24) is 15.1 Å². The Kier molecular flexibility index (Phi) is 5.30. The molecule has 25 heavy (non-hydrogen) atoms. The molecule has 1 aliphatic heterocycles. The molecule has 0 bridgehead atoms. The van der Waals surface area contributed by atoms with Crippen LogP contribution in [0.4, 0.5) is 4.79 Å². The van der Waals surface area contributed by atoms with Gasteiger partial charge < -0.3 is 15.1 Å². The minimum atomic E-state index is -0.0332. The van der Waals surface area contributed by atoms with Crippen LogP contribution < -0.4 is 5.32 Å². The summed E-state index contributed by atoms with van der Waals surface area (Å²) in [6.07, 6.45) is 2.92. The standard InChI is InChI=1S/C20H29N3O2/c1-14-6-4-7-18(15(14)2)16(3)21-20(25)23-11-5-10-22(12-13-23)19(24)17-8-9-17/h4,6-7,16-17H,5,8-13H2,1-3H3,(H,21,25)/t16-/m0/s1. The summed E-state index contributed by atoms with van der Waals surface area (Å²) in [5.74, 6) is 0.538. The van der Waals surface area contributed by atoms with Crippen molar-refractivity contribution in [3.63, 3.8) is 0 Å². The van der Waals surface area contributed by atoms with E-state index in [1.54, 1.807) is 0 Å². The molecule has 1 N–H and O–H groups in total. The van der Waals surface area contributed by atoms with Crippen molar-refractivity contribution in [2.75, 3.05) is 26.2 Å². The van der Waals surface area contributed by atoms with Crippen molar-refractivity contribution >= 4 is 11.9 Å². The first-order valence-corrected chi connectivity index (χ1v) is 9.37. The largest absolute Gasteiger partial charge is 0.341 e. The van der Waals surface area contributed by atoms with Gasteiger partial charge in [-0.05, 0) is 56.7 Å². The number of rotatable bonds is 3. The van der Waals surface area contributed by atoms with Crippen molar-refractivity contribution < 1.29 is 9.59 Å². The summed E-state index contributed by atoms with van der Waals surface area (Å²) in [6, 6.07) is 6.14. The molecular formula is C20H29N3O2. The van der Waals surface area contributed by atoms with E-state index in [1.165, 1.54) is 11.1 Å². The van der Waals surface area contributed by atoms with Gasteiger partial charge in [-0.2, -0.15) is 0 Å². The Morgan fingerprint density at radius 3 is 2.48 bits per heavy atom. The average molecular weight is 343 g/mol. The minimum Gasteiger partial charge on any atom is -0.341 e. The smallest absolute Gasteiger partial charge is 0.317 e. The van der Waals surface area contributed by atoms with E-state index in [0.717, 1.165) is 31.4 Å². The van der Waals surface area contributed by atoms with Crippen LogP contribution in [0.15, 0.2) is 18.2 Å². The highest BCUT2D eigenvalue weighted by molar-refractivity contribution is 5.81. The second-order valence-electron chi connectivity index (χ2n) is 7.40. The fourth-order valence-corrected chi connectivity index (χ4v) is 3.53. The molecule has 5 heteroatoms. The number of benzene rings is 1. The van der Waals surface area contributed by atoms with E-state index in [2.05, 4.69) is 31.3 Å². The molecule has 1 aromatic carbocycles. The first-order chi connectivity index (χ1) is 12.0. The molecule has 3 amide bonds. The summed E-state index contributed by atoms with van der Waals surface area (Å²) < 4.78 is 0. The van der Waals surface area contributed by atoms with Gasteiger partial charge in [-0.1, -0.05) is 18.2 Å². The van der Waals surface area contributed by atoms with E-state index in [0.29, 0.717) is 19.6 Å². The van der Waals surface area contributed by atoms with Gasteiger partial charge in [0.2, 0.25) is 5.91 Å². The second-order valence-corrected chi connectivity index (χ2v) is 7.40. The summed E-state index contributed by atoms with van der Waals surface area (Å²) >= 11 is 0. The first-order valence-electron chi connectivity index (χ1n) is 9.37. The Hall–Kier alpha value is -2.04. The maximum atomic E-state index is 12.7. The molecular weight excluding hydrogens is 314 g/mol. The third-order valence-electron chi connectivity index (χ3n) is 5.47. The van der Waals surface area contributed by atoms with Gasteiger partial charge in [-0.3, -0.25) is 4.79 Å². The Morgan fingerprint density at radius 1 is 1.08 bits per heavy atom. The first kappa shape index (κ1) is 17.8. The van der Waals surface area contributed by atoms with Gasteiger partial charge in [0.25, 0.3) is 0 Å². The summed E-state index contributed by atoms with van der Waals surface area (Å²) in [4.78, 5) is 28.7. The van der Waals surface area contributed by atoms with E-state index in [4.69, 9.17) is 0 Å². The van der Waals surface area contributed by atoms with Gasteiger partial charge in [0.15, 0.2) is 0 Å². The Balaban J connectivity index is 1.57. The number of nitrogens with one attached hydrogen (secondary N) is 1. The number of carbonyl (C=O) groups is 2. The fraction of sp³-hybridized carbons (Fsp3) is 0.600. The highest BCUT2D eigenvalue weighted by atomic mass is 16.2. The average Bonchev–Trinajstić information content (AvgIpc) is 3.43. The summed E-state index contributed by atoms with van der Waals surface area (Å²) in [5, 5.41) is 3.12. The van der Waals surface area contributed by atoms with Crippen LogP contribution >= 0.6 is 0 Å². The van der Waals surface area contributed by atoms with Gasteiger partial charge >= 0.3 is 6.03 Å². The van der Waals surface area contributed by atoms with Gasteiger partial charge in [-0.25, -0.2) is 4.79 Å². The molecule has 1 aliphatic carbocycles. The molecule has 2 fully saturated rings. The fourth-order valence-electron chi connectivity index (χ4n) is 3.53. The lowest BCUT2D eigenvalue weighted by molar-refractivity contribution is -0.132. The molecule has 0 unspecified atom stereocenters. The Morgan fingerprint density at radius 2 is 1.76 bits per heavy atom. The zero-order valence-electron chi connectivity index (χ0n) is 15.5. The van der Waals surface area contributed by atoms with Crippen molar-refractivity contribution in [1.29, 1.82) is 0 Å². The predicted molar refractivity (Wildman–Crippen MR) is 98.4 cm³/mol. The normalized spacial score (nSPS) is 19.3. The lowest BCUT2D eigenvalue weighted by Gasteiger charge is -2.25.